The Kier molecular flexibility index (Phi) is 3.06. The Morgan fingerprint density at radius 1 is 1.29 bits per heavy atom. The van der Waals surface area contributed by atoms with E-state index >= 15 is 0 Å². The summed E-state index contributed by atoms with van der Waals surface area (Å²) in [5, 5.41) is 1.18. The van der Waals surface area contributed by atoms with Crippen LogP contribution in [0.25, 0.3) is 0 Å². The number of rotatable bonds is 3. The van der Waals surface area contributed by atoms with Crippen LogP contribution in [0.3, 0.4) is 0 Å². The molecule has 5 nitrogen and oxygen atoms in total. The number of nitrogens with zero attached hydrogens (tertiary/aromatic N) is 3. The van der Waals surface area contributed by atoms with Crippen molar-refractivity contribution < 1.29 is 9.13 Å². The van der Waals surface area contributed by atoms with Gasteiger partial charge in [0.05, 0.1) is 12.8 Å². The maximum atomic E-state index is 14.9. The summed E-state index contributed by atoms with van der Waals surface area (Å²) in [6.07, 6.45) is 4.92. The van der Waals surface area contributed by atoms with Gasteiger partial charge in [0.1, 0.15) is 10.7 Å². The van der Waals surface area contributed by atoms with E-state index in [2.05, 4.69) is 9.27 Å². The molecule has 3 aliphatic rings. The number of hydrogen-bond donors (Lipinski definition) is 1. The van der Waals surface area contributed by atoms with Gasteiger partial charge in [0.2, 0.25) is 0 Å². The standard InChI is InChI=1S/C17H19FN4OS/c1-23-16-14-9(5-13(18)15(16)21-7-11(19)8-21)4-10-6-20-24-17(10)22(14)12-2-3-12/h5-6,11-12H,2-4,7-8,19H2,1H3. The van der Waals surface area contributed by atoms with E-state index in [1.54, 1.807) is 13.2 Å². The first-order chi connectivity index (χ1) is 11.7. The van der Waals surface area contributed by atoms with Gasteiger partial charge in [0.25, 0.3) is 0 Å². The molecule has 0 atom stereocenters. The van der Waals surface area contributed by atoms with Gasteiger partial charge >= 0.3 is 0 Å². The highest BCUT2D eigenvalue weighted by Gasteiger charge is 2.41. The monoisotopic (exact) mass is 346 g/mol. The Balaban J connectivity index is 1.70. The van der Waals surface area contributed by atoms with Crippen LogP contribution in [0.1, 0.15) is 24.0 Å². The molecule has 2 aliphatic heterocycles. The summed E-state index contributed by atoms with van der Waals surface area (Å²) >= 11 is 1.52. The number of ether oxygens (including phenoxy) is 1. The second kappa shape index (κ2) is 5.07. The zero-order valence-corrected chi connectivity index (χ0v) is 14.3. The van der Waals surface area contributed by atoms with Crippen molar-refractivity contribution in [3.05, 3.63) is 29.2 Å². The van der Waals surface area contributed by atoms with Crippen molar-refractivity contribution in [2.24, 2.45) is 5.73 Å². The van der Waals surface area contributed by atoms with Gasteiger partial charge in [-0.25, -0.2) is 4.39 Å². The van der Waals surface area contributed by atoms with Crippen LogP contribution in [0.4, 0.5) is 20.8 Å². The topological polar surface area (TPSA) is 54.6 Å². The normalized spacial score (nSPS) is 19.8. The Bertz CT molecular complexity index is 813. The average molecular weight is 346 g/mol. The highest BCUT2D eigenvalue weighted by atomic mass is 32.1. The molecule has 1 aliphatic carbocycles. The number of anilines is 3. The van der Waals surface area contributed by atoms with Crippen molar-refractivity contribution in [1.29, 1.82) is 0 Å². The summed E-state index contributed by atoms with van der Waals surface area (Å²) in [5.41, 5.74) is 9.64. The van der Waals surface area contributed by atoms with Gasteiger partial charge in [0.15, 0.2) is 11.6 Å². The molecule has 2 fully saturated rings. The minimum Gasteiger partial charge on any atom is -0.492 e. The van der Waals surface area contributed by atoms with E-state index in [9.17, 15) is 4.39 Å². The minimum atomic E-state index is -0.222. The fraction of sp³-hybridized carbons (Fsp3) is 0.471. The number of fused-ring (bicyclic) bond motifs is 2. The number of nitrogens with two attached hydrogens (primary N) is 1. The van der Waals surface area contributed by atoms with E-state index in [1.165, 1.54) is 22.1 Å². The lowest BCUT2D eigenvalue weighted by atomic mass is 9.96. The van der Waals surface area contributed by atoms with Gasteiger partial charge in [-0.3, -0.25) is 0 Å². The predicted molar refractivity (Wildman–Crippen MR) is 93.2 cm³/mol. The number of methoxy groups -OCH3 is 1. The summed E-state index contributed by atoms with van der Waals surface area (Å²) in [5.74, 6) is 0.419. The summed E-state index contributed by atoms with van der Waals surface area (Å²) < 4.78 is 25.0. The molecule has 2 aromatic rings. The first-order valence-electron chi connectivity index (χ1n) is 8.30. The van der Waals surface area contributed by atoms with Crippen LogP contribution in [0.5, 0.6) is 5.75 Å². The number of aromatic nitrogens is 1. The van der Waals surface area contributed by atoms with Crippen molar-refractivity contribution in [1.82, 2.24) is 4.37 Å². The second-order valence-corrected chi connectivity index (χ2v) is 7.63. The molecule has 0 amide bonds. The summed E-state index contributed by atoms with van der Waals surface area (Å²) in [4.78, 5) is 4.31. The molecule has 5 rings (SSSR count). The maximum Gasteiger partial charge on any atom is 0.169 e. The van der Waals surface area contributed by atoms with Gasteiger partial charge in [-0.2, -0.15) is 4.37 Å². The van der Waals surface area contributed by atoms with Crippen molar-refractivity contribution in [3.63, 3.8) is 0 Å². The minimum absolute atomic E-state index is 0.109. The lowest BCUT2D eigenvalue weighted by Crippen LogP contribution is -2.56. The largest absolute Gasteiger partial charge is 0.492 e. The first kappa shape index (κ1) is 14.5. The third-order valence-corrected chi connectivity index (χ3v) is 5.91. The van der Waals surface area contributed by atoms with Gasteiger partial charge in [-0.1, -0.05) is 0 Å². The molecule has 7 heteroatoms. The number of halogens is 1. The quantitative estimate of drug-likeness (QED) is 0.926. The Morgan fingerprint density at radius 2 is 2.08 bits per heavy atom. The molecule has 0 radical (unpaired) electrons. The molecular formula is C17H19FN4OS. The zero-order valence-electron chi connectivity index (χ0n) is 13.5. The van der Waals surface area contributed by atoms with Crippen molar-refractivity contribution in [2.45, 2.75) is 31.3 Å². The molecule has 3 heterocycles. The van der Waals surface area contributed by atoms with Crippen LogP contribution in [-0.2, 0) is 6.42 Å². The first-order valence-corrected chi connectivity index (χ1v) is 9.07. The van der Waals surface area contributed by atoms with Crippen molar-refractivity contribution in [2.75, 3.05) is 30.0 Å². The van der Waals surface area contributed by atoms with E-state index in [0.29, 0.717) is 37.0 Å². The van der Waals surface area contributed by atoms with E-state index in [4.69, 9.17) is 10.5 Å². The molecule has 1 saturated heterocycles. The van der Waals surface area contributed by atoms with Crippen LogP contribution in [0, 0.1) is 5.82 Å². The highest BCUT2D eigenvalue weighted by molar-refractivity contribution is 7.10. The summed E-state index contributed by atoms with van der Waals surface area (Å²) in [6, 6.07) is 2.25. The van der Waals surface area contributed by atoms with Crippen molar-refractivity contribution in [3.8, 4) is 5.75 Å². The third kappa shape index (κ3) is 1.97. The highest BCUT2D eigenvalue weighted by Crippen LogP contribution is 2.54. The van der Waals surface area contributed by atoms with E-state index in [-0.39, 0.29) is 11.9 Å². The molecule has 24 heavy (non-hydrogen) atoms. The van der Waals surface area contributed by atoms with Crippen LogP contribution in [0.2, 0.25) is 0 Å². The summed E-state index contributed by atoms with van der Waals surface area (Å²) in [7, 11) is 1.63. The van der Waals surface area contributed by atoms with Crippen molar-refractivity contribution >= 4 is 27.9 Å². The molecule has 126 valence electrons. The van der Waals surface area contributed by atoms with E-state index in [0.717, 1.165) is 24.1 Å². The number of hydrogen-bond acceptors (Lipinski definition) is 6. The molecule has 0 unspecified atom stereocenters. The molecule has 0 spiro atoms. The van der Waals surface area contributed by atoms with Gasteiger partial charge in [-0.15, -0.1) is 0 Å². The maximum absolute atomic E-state index is 14.9. The van der Waals surface area contributed by atoms with Crippen LogP contribution in [0.15, 0.2) is 12.3 Å². The van der Waals surface area contributed by atoms with Crippen LogP contribution in [-0.4, -0.2) is 36.7 Å². The Labute approximate surface area is 144 Å². The second-order valence-electron chi connectivity index (χ2n) is 6.85. The van der Waals surface area contributed by atoms with E-state index in [1.807, 2.05) is 11.1 Å². The lowest BCUT2D eigenvalue weighted by Gasteiger charge is -2.41. The SMILES string of the molecule is COc1c(N2CC(N)C2)c(F)cc2c1N(C1CC1)c1sncc1C2. The molecule has 1 aromatic heterocycles. The average Bonchev–Trinajstić information content (AvgIpc) is 3.26. The van der Waals surface area contributed by atoms with E-state index < -0.39 is 0 Å². The molecule has 2 N–H and O–H groups in total. The fourth-order valence-electron chi connectivity index (χ4n) is 3.80. The van der Waals surface area contributed by atoms with Crippen LogP contribution < -0.4 is 20.3 Å². The molecular weight excluding hydrogens is 327 g/mol. The molecule has 1 saturated carbocycles. The summed E-state index contributed by atoms with van der Waals surface area (Å²) in [6.45, 7) is 1.34. The molecule has 1 aromatic carbocycles. The lowest BCUT2D eigenvalue weighted by molar-refractivity contribution is 0.403. The van der Waals surface area contributed by atoms with Gasteiger partial charge in [0, 0.05) is 43.4 Å². The predicted octanol–water partition coefficient (Wildman–Crippen LogP) is 2.64. The van der Waals surface area contributed by atoms with Gasteiger partial charge in [-0.05, 0) is 36.0 Å². The number of benzene rings is 1. The van der Waals surface area contributed by atoms with Gasteiger partial charge < -0.3 is 20.3 Å². The Hall–Kier alpha value is -1.86. The fourth-order valence-corrected chi connectivity index (χ4v) is 4.65. The van der Waals surface area contributed by atoms with Crippen LogP contribution >= 0.6 is 11.5 Å². The Morgan fingerprint density at radius 3 is 2.75 bits per heavy atom. The third-order valence-electron chi connectivity index (χ3n) is 5.07. The molecule has 0 bridgehead atoms. The smallest absolute Gasteiger partial charge is 0.169 e. The zero-order chi connectivity index (χ0) is 16.4.